The average molecular weight is 399 g/mol. The van der Waals surface area contributed by atoms with Crippen LogP contribution in [0.5, 0.6) is 0 Å². The van der Waals surface area contributed by atoms with Crippen LogP contribution in [0.2, 0.25) is 0 Å². The Balaban J connectivity index is 1.37. The smallest absolute Gasteiger partial charge is 0.0827 e. The molecule has 0 aliphatic heterocycles. The molecule has 0 heterocycles. The summed E-state index contributed by atoms with van der Waals surface area (Å²) in [5.74, 6) is 3.58. The zero-order valence-corrected chi connectivity index (χ0v) is 18.8. The number of unbranched alkanes of at least 4 members (excludes halogenated alkanes) is 3. The van der Waals surface area contributed by atoms with Crippen molar-refractivity contribution in [2.24, 2.45) is 17.8 Å². The molecular weight excluding hydrogens is 355 g/mol. The lowest BCUT2D eigenvalue weighted by Gasteiger charge is -2.38. The maximum absolute atomic E-state index is 12.1. The van der Waals surface area contributed by atoms with E-state index >= 15 is 0 Å². The van der Waals surface area contributed by atoms with Gasteiger partial charge in [0.05, 0.1) is 6.33 Å². The fourth-order valence-electron chi connectivity index (χ4n) is 5.98. The Bertz CT molecular complexity index is 571. The fourth-order valence-corrected chi connectivity index (χ4v) is 5.98. The first-order chi connectivity index (χ1) is 14.3. The SMILES string of the molecule is CCCCCCc1ccc([C@H]2CC[C@H]([C@H]3CC[C@H](CCC=CF)CC3)CC2)cc1. The number of allylic oxidation sites excluding steroid dienone is 1. The summed E-state index contributed by atoms with van der Waals surface area (Å²) in [6.45, 7) is 2.28. The maximum atomic E-state index is 12.1. The van der Waals surface area contributed by atoms with Gasteiger partial charge in [0.2, 0.25) is 0 Å². The molecule has 3 rings (SSSR count). The van der Waals surface area contributed by atoms with Crippen LogP contribution in [0.15, 0.2) is 36.7 Å². The molecule has 0 amide bonds. The zero-order chi connectivity index (χ0) is 20.3. The molecule has 1 aromatic carbocycles. The van der Waals surface area contributed by atoms with Crippen molar-refractivity contribution in [3.8, 4) is 0 Å². The van der Waals surface area contributed by atoms with Crippen LogP contribution in [0.25, 0.3) is 0 Å². The molecule has 2 aliphatic rings. The molecule has 0 atom stereocenters. The minimum absolute atomic E-state index is 0.714. The van der Waals surface area contributed by atoms with Crippen LogP contribution in [0.4, 0.5) is 4.39 Å². The average Bonchev–Trinajstić information content (AvgIpc) is 2.78. The minimum atomic E-state index is 0.714. The highest BCUT2D eigenvalue weighted by molar-refractivity contribution is 5.26. The number of hydrogen-bond donors (Lipinski definition) is 0. The lowest BCUT2D eigenvalue weighted by atomic mass is 9.68. The van der Waals surface area contributed by atoms with Crippen LogP contribution in [0, 0.1) is 17.8 Å². The van der Waals surface area contributed by atoms with Crippen molar-refractivity contribution < 1.29 is 4.39 Å². The van der Waals surface area contributed by atoms with Crippen molar-refractivity contribution in [1.29, 1.82) is 0 Å². The van der Waals surface area contributed by atoms with Gasteiger partial charge in [0.1, 0.15) is 0 Å². The van der Waals surface area contributed by atoms with Crippen molar-refractivity contribution in [3.63, 3.8) is 0 Å². The Labute approximate surface area is 179 Å². The molecule has 2 fully saturated rings. The Morgan fingerprint density at radius 1 is 0.828 bits per heavy atom. The monoisotopic (exact) mass is 398 g/mol. The molecule has 1 aromatic rings. The van der Waals surface area contributed by atoms with Gasteiger partial charge in [0.25, 0.3) is 0 Å². The van der Waals surface area contributed by atoms with E-state index in [-0.39, 0.29) is 0 Å². The predicted octanol–water partition coefficient (Wildman–Crippen LogP) is 9.15. The summed E-state index contributed by atoms with van der Waals surface area (Å²) in [6.07, 6.45) is 22.4. The van der Waals surface area contributed by atoms with Gasteiger partial charge in [0, 0.05) is 0 Å². The number of halogens is 1. The molecule has 0 radical (unpaired) electrons. The molecule has 1 heteroatoms. The summed E-state index contributed by atoms with van der Waals surface area (Å²) in [4.78, 5) is 0. The van der Waals surface area contributed by atoms with Crippen LogP contribution in [-0.4, -0.2) is 0 Å². The summed E-state index contributed by atoms with van der Waals surface area (Å²) in [5.41, 5.74) is 3.11. The van der Waals surface area contributed by atoms with Crippen LogP contribution in [0.1, 0.15) is 114 Å². The zero-order valence-electron chi connectivity index (χ0n) is 18.8. The highest BCUT2D eigenvalue weighted by Crippen LogP contribution is 2.44. The summed E-state index contributed by atoms with van der Waals surface area (Å²) >= 11 is 0. The Hall–Kier alpha value is -1.11. The second-order valence-corrected chi connectivity index (χ2v) is 9.88. The summed E-state index contributed by atoms with van der Waals surface area (Å²) in [7, 11) is 0. The standard InChI is InChI=1S/C28H43F/c1-2-3-4-5-8-23-10-14-25(15-11-23)27-18-20-28(21-19-27)26-16-12-24(13-17-26)9-6-7-22-29/h7,10-11,14-15,22,24,26-28H,2-6,8-9,12-13,16-21H2,1H3/t24-,26-,27-,28-. The minimum Gasteiger partial charge on any atom is -0.216 e. The normalized spacial score (nSPS) is 28.1. The van der Waals surface area contributed by atoms with Gasteiger partial charge in [-0.25, -0.2) is 4.39 Å². The molecule has 0 spiro atoms. The van der Waals surface area contributed by atoms with Gasteiger partial charge in [-0.15, -0.1) is 0 Å². The van der Waals surface area contributed by atoms with Gasteiger partial charge >= 0.3 is 0 Å². The fraction of sp³-hybridized carbons (Fsp3) is 0.714. The highest BCUT2D eigenvalue weighted by Gasteiger charge is 2.31. The Morgan fingerprint density at radius 2 is 1.48 bits per heavy atom. The van der Waals surface area contributed by atoms with Gasteiger partial charge in [-0.3, -0.25) is 0 Å². The van der Waals surface area contributed by atoms with Crippen molar-refractivity contribution >= 4 is 0 Å². The number of rotatable bonds is 10. The van der Waals surface area contributed by atoms with E-state index in [4.69, 9.17) is 0 Å². The van der Waals surface area contributed by atoms with E-state index in [9.17, 15) is 4.39 Å². The van der Waals surface area contributed by atoms with Crippen molar-refractivity contribution in [2.45, 2.75) is 109 Å². The third-order valence-electron chi connectivity index (χ3n) is 7.93. The number of aryl methyl sites for hydroxylation is 1. The van der Waals surface area contributed by atoms with Crippen LogP contribution >= 0.6 is 0 Å². The van der Waals surface area contributed by atoms with Gasteiger partial charge in [-0.2, -0.15) is 0 Å². The lowest BCUT2D eigenvalue weighted by molar-refractivity contribution is 0.157. The summed E-state index contributed by atoms with van der Waals surface area (Å²) < 4.78 is 12.1. The van der Waals surface area contributed by atoms with Crippen molar-refractivity contribution in [3.05, 3.63) is 47.8 Å². The third-order valence-corrected chi connectivity index (χ3v) is 7.93. The molecule has 162 valence electrons. The topological polar surface area (TPSA) is 0 Å². The van der Waals surface area contributed by atoms with Crippen LogP contribution < -0.4 is 0 Å². The largest absolute Gasteiger partial charge is 0.216 e. The van der Waals surface area contributed by atoms with Gasteiger partial charge in [-0.1, -0.05) is 69.4 Å². The predicted molar refractivity (Wildman–Crippen MR) is 124 cm³/mol. The van der Waals surface area contributed by atoms with Crippen molar-refractivity contribution in [2.75, 3.05) is 0 Å². The number of hydrogen-bond acceptors (Lipinski definition) is 0. The summed E-state index contributed by atoms with van der Waals surface area (Å²) in [6, 6.07) is 9.65. The van der Waals surface area contributed by atoms with E-state index in [1.807, 2.05) is 0 Å². The van der Waals surface area contributed by atoms with E-state index in [1.54, 1.807) is 11.6 Å². The lowest BCUT2D eigenvalue weighted by Crippen LogP contribution is -2.25. The Kier molecular flexibility index (Phi) is 9.77. The first-order valence-corrected chi connectivity index (χ1v) is 12.6. The molecule has 0 aromatic heterocycles. The van der Waals surface area contributed by atoms with E-state index in [1.165, 1.54) is 95.5 Å². The quantitative estimate of drug-likeness (QED) is 0.345. The second kappa shape index (κ2) is 12.6. The van der Waals surface area contributed by atoms with Crippen LogP contribution in [-0.2, 0) is 6.42 Å². The van der Waals surface area contributed by atoms with Gasteiger partial charge in [0.15, 0.2) is 0 Å². The molecule has 0 N–H and O–H groups in total. The van der Waals surface area contributed by atoms with Gasteiger partial charge in [-0.05, 0) is 99.0 Å². The molecule has 2 aliphatic carbocycles. The van der Waals surface area contributed by atoms with Gasteiger partial charge < -0.3 is 0 Å². The first kappa shape index (κ1) is 22.6. The molecule has 2 saturated carbocycles. The second-order valence-electron chi connectivity index (χ2n) is 9.88. The third kappa shape index (κ3) is 7.26. The van der Waals surface area contributed by atoms with Crippen LogP contribution in [0.3, 0.4) is 0 Å². The Morgan fingerprint density at radius 3 is 2.10 bits per heavy atom. The molecule has 0 nitrogen and oxygen atoms in total. The van der Waals surface area contributed by atoms with E-state index in [2.05, 4.69) is 31.2 Å². The molecule has 0 saturated heterocycles. The maximum Gasteiger partial charge on any atom is 0.0827 e. The van der Waals surface area contributed by atoms with E-state index in [0.29, 0.717) is 6.33 Å². The highest BCUT2D eigenvalue weighted by atomic mass is 19.1. The first-order valence-electron chi connectivity index (χ1n) is 12.6. The van der Waals surface area contributed by atoms with E-state index in [0.717, 1.165) is 30.1 Å². The van der Waals surface area contributed by atoms with Crippen molar-refractivity contribution in [1.82, 2.24) is 0 Å². The molecular formula is C28H43F. The molecule has 0 bridgehead atoms. The van der Waals surface area contributed by atoms with E-state index < -0.39 is 0 Å². The summed E-state index contributed by atoms with van der Waals surface area (Å²) in [5, 5.41) is 0. The molecule has 29 heavy (non-hydrogen) atoms. The molecule has 0 unspecified atom stereocenters. The number of benzene rings is 1.